The Morgan fingerprint density at radius 1 is 1.55 bits per heavy atom. The van der Waals surface area contributed by atoms with Gasteiger partial charge in [-0.2, -0.15) is 0 Å². The molecule has 3 fully saturated rings. The minimum absolute atomic E-state index is 0.0466. The van der Waals surface area contributed by atoms with Crippen LogP contribution in [0.4, 0.5) is 0 Å². The predicted molar refractivity (Wildman–Crippen MR) is 82.7 cm³/mol. The van der Waals surface area contributed by atoms with Crippen LogP contribution in [-0.4, -0.2) is 34.0 Å². The maximum absolute atomic E-state index is 9.88. The first-order chi connectivity index (χ1) is 10.6. The summed E-state index contributed by atoms with van der Waals surface area (Å²) in [7, 11) is 1.48. The van der Waals surface area contributed by atoms with Gasteiger partial charge in [0.1, 0.15) is 5.82 Å². The van der Waals surface area contributed by atoms with Crippen LogP contribution >= 0.6 is 11.6 Å². The molecule has 2 bridgehead atoms. The van der Waals surface area contributed by atoms with Crippen LogP contribution in [-0.2, 0) is 21.9 Å². The average molecular weight is 323 g/mol. The molecule has 1 saturated carbocycles. The van der Waals surface area contributed by atoms with Gasteiger partial charge in [0, 0.05) is 12.7 Å². The number of methoxy groups -OCH3 is 1. The lowest BCUT2D eigenvalue weighted by molar-refractivity contribution is -0.0768. The first-order valence-electron chi connectivity index (χ1n) is 7.54. The van der Waals surface area contributed by atoms with E-state index in [0.717, 1.165) is 48.8 Å². The number of halogens is 1. The maximum Gasteiger partial charge on any atom is 0.180 e. The van der Waals surface area contributed by atoms with Crippen molar-refractivity contribution in [2.45, 2.75) is 37.2 Å². The van der Waals surface area contributed by atoms with Crippen molar-refractivity contribution >= 4 is 22.6 Å². The smallest absolute Gasteiger partial charge is 0.180 e. The highest BCUT2D eigenvalue weighted by molar-refractivity contribution is 6.16. The van der Waals surface area contributed by atoms with Gasteiger partial charge in [0.2, 0.25) is 0 Å². The topological polar surface area (TPSA) is 56.5 Å². The summed E-state index contributed by atoms with van der Waals surface area (Å²) >= 11 is 6.08. The molecule has 0 spiro atoms. The molecule has 1 aromatic carbocycles. The van der Waals surface area contributed by atoms with Crippen LogP contribution in [0.15, 0.2) is 18.2 Å². The minimum atomic E-state index is -0.929. The zero-order chi connectivity index (χ0) is 15.3. The van der Waals surface area contributed by atoms with Crippen LogP contribution in [0.2, 0.25) is 0 Å². The lowest BCUT2D eigenvalue weighted by atomic mass is 9.74. The van der Waals surface area contributed by atoms with Crippen molar-refractivity contribution < 1.29 is 14.6 Å². The summed E-state index contributed by atoms with van der Waals surface area (Å²) in [6.07, 6.45) is 1.31. The van der Waals surface area contributed by atoms with Crippen LogP contribution in [0.25, 0.3) is 11.0 Å². The van der Waals surface area contributed by atoms with Gasteiger partial charge in [-0.05, 0) is 30.9 Å². The van der Waals surface area contributed by atoms with Crippen LogP contribution in [0.1, 0.15) is 30.5 Å². The monoisotopic (exact) mass is 322 g/mol. The second-order valence-corrected chi connectivity index (χ2v) is 6.62. The fourth-order valence-corrected chi connectivity index (χ4v) is 3.95. The van der Waals surface area contributed by atoms with E-state index in [-0.39, 0.29) is 5.60 Å². The van der Waals surface area contributed by atoms with E-state index in [9.17, 15) is 5.11 Å². The molecule has 2 aliphatic heterocycles. The highest BCUT2D eigenvalue weighted by Crippen LogP contribution is 2.49. The third-order valence-electron chi connectivity index (χ3n) is 4.87. The highest BCUT2D eigenvalue weighted by Gasteiger charge is 2.52. The quantitative estimate of drug-likeness (QED) is 0.679. The largest absolute Gasteiger partial charge is 0.373 e. The maximum atomic E-state index is 9.88. The average Bonchev–Trinajstić information content (AvgIpc) is 3.19. The Labute approximate surface area is 133 Å². The number of fused-ring (bicyclic) bond motifs is 2. The molecular weight excluding hydrogens is 304 g/mol. The van der Waals surface area contributed by atoms with E-state index in [4.69, 9.17) is 21.1 Å². The molecule has 2 aromatic rings. The van der Waals surface area contributed by atoms with E-state index >= 15 is 0 Å². The number of hydrogen-bond donors (Lipinski definition) is 1. The molecule has 0 amide bonds. The third kappa shape index (κ3) is 2.15. The Hall–Kier alpha value is -1.14. The third-order valence-corrected chi connectivity index (χ3v) is 5.11. The van der Waals surface area contributed by atoms with Crippen LogP contribution < -0.4 is 0 Å². The van der Waals surface area contributed by atoms with Crippen LogP contribution in [0.5, 0.6) is 0 Å². The van der Waals surface area contributed by atoms with Crippen molar-refractivity contribution in [3.63, 3.8) is 0 Å². The van der Waals surface area contributed by atoms with Crippen molar-refractivity contribution in [3.8, 4) is 0 Å². The lowest BCUT2D eigenvalue weighted by Gasteiger charge is -2.36. The molecule has 1 N–H and O–H groups in total. The molecule has 6 heteroatoms. The second kappa shape index (κ2) is 5.20. The number of aromatic nitrogens is 2. The van der Waals surface area contributed by atoms with Gasteiger partial charge in [0.05, 0.1) is 35.7 Å². The normalized spacial score (nSPS) is 28.0. The molecule has 5 rings (SSSR count). The van der Waals surface area contributed by atoms with E-state index in [1.165, 1.54) is 7.11 Å². The first-order valence-corrected chi connectivity index (χ1v) is 8.07. The Morgan fingerprint density at radius 2 is 2.36 bits per heavy atom. The minimum Gasteiger partial charge on any atom is -0.373 e. The number of imidazole rings is 1. The number of aliphatic hydroxyl groups is 1. The predicted octanol–water partition coefficient (Wildman–Crippen LogP) is 2.59. The number of hydrogen-bond acceptors (Lipinski definition) is 4. The van der Waals surface area contributed by atoms with Gasteiger partial charge < -0.3 is 19.1 Å². The van der Waals surface area contributed by atoms with E-state index in [0.29, 0.717) is 11.4 Å². The second-order valence-electron chi connectivity index (χ2n) is 6.35. The molecule has 3 heterocycles. The summed E-state index contributed by atoms with van der Waals surface area (Å²) < 4.78 is 13.1. The van der Waals surface area contributed by atoms with Crippen molar-refractivity contribution in [1.29, 1.82) is 0 Å². The van der Waals surface area contributed by atoms with Crippen LogP contribution in [0, 0.1) is 5.92 Å². The molecule has 5 nitrogen and oxygen atoms in total. The zero-order valence-electron chi connectivity index (χ0n) is 12.5. The van der Waals surface area contributed by atoms with E-state index in [1.54, 1.807) is 0 Å². The summed E-state index contributed by atoms with van der Waals surface area (Å²) in [4.78, 5) is 4.60. The Balaban J connectivity index is 1.76. The van der Waals surface area contributed by atoms with Crippen molar-refractivity contribution in [1.82, 2.24) is 9.55 Å². The number of rotatable bonds is 5. The molecule has 1 atom stereocenters. The first kappa shape index (κ1) is 14.5. The number of benzene rings is 1. The molecule has 1 aliphatic carbocycles. The SMILES string of the molecule is COC(O)c1ccc2nc(CCl)n(CC34CC(CO3)C4)c2c1. The van der Waals surface area contributed by atoms with Gasteiger partial charge in [-0.3, -0.25) is 0 Å². The Bertz CT molecular complexity index is 703. The standard InChI is InChI=1S/C16H19ClN2O3/c1-21-15(20)11-2-3-12-13(4-11)19(14(7-17)18-12)9-16-5-10(6-16)8-22-16/h2-4,10,15,20H,5-9H2,1H3. The van der Waals surface area contributed by atoms with E-state index < -0.39 is 6.29 Å². The molecule has 2 saturated heterocycles. The van der Waals surface area contributed by atoms with Crippen LogP contribution in [0.3, 0.4) is 0 Å². The van der Waals surface area contributed by atoms with Crippen molar-refractivity contribution in [2.75, 3.05) is 13.7 Å². The Morgan fingerprint density at radius 3 is 3.00 bits per heavy atom. The zero-order valence-corrected chi connectivity index (χ0v) is 13.2. The number of ether oxygens (including phenoxy) is 2. The fraction of sp³-hybridized carbons (Fsp3) is 0.562. The highest BCUT2D eigenvalue weighted by atomic mass is 35.5. The fourth-order valence-electron chi connectivity index (χ4n) is 3.74. The van der Waals surface area contributed by atoms with E-state index in [1.807, 2.05) is 18.2 Å². The molecule has 1 unspecified atom stereocenters. The summed E-state index contributed by atoms with van der Waals surface area (Å²) in [6, 6.07) is 5.65. The molecule has 22 heavy (non-hydrogen) atoms. The van der Waals surface area contributed by atoms with Crippen molar-refractivity contribution in [3.05, 3.63) is 29.6 Å². The summed E-state index contributed by atoms with van der Waals surface area (Å²) in [6.45, 7) is 1.64. The summed E-state index contributed by atoms with van der Waals surface area (Å²) in [5.74, 6) is 1.92. The van der Waals surface area contributed by atoms with Gasteiger partial charge >= 0.3 is 0 Å². The molecule has 118 valence electrons. The van der Waals surface area contributed by atoms with Gasteiger partial charge in [-0.1, -0.05) is 6.07 Å². The van der Waals surface area contributed by atoms with Crippen molar-refractivity contribution in [2.24, 2.45) is 5.92 Å². The number of alkyl halides is 1. The van der Waals surface area contributed by atoms with E-state index in [2.05, 4.69) is 9.55 Å². The molecule has 1 aromatic heterocycles. The van der Waals surface area contributed by atoms with Gasteiger partial charge in [-0.25, -0.2) is 4.98 Å². The van der Waals surface area contributed by atoms with Gasteiger partial charge in [0.25, 0.3) is 0 Å². The molecule has 0 radical (unpaired) electrons. The van der Waals surface area contributed by atoms with Gasteiger partial charge in [-0.15, -0.1) is 11.6 Å². The molecule has 3 aliphatic rings. The Kier molecular flexibility index (Phi) is 3.42. The lowest BCUT2D eigenvalue weighted by Crippen LogP contribution is -2.41. The number of nitrogens with zero attached hydrogens (tertiary/aromatic N) is 2. The molecular formula is C16H19ClN2O3. The summed E-state index contributed by atoms with van der Waals surface area (Å²) in [5.41, 5.74) is 2.52. The summed E-state index contributed by atoms with van der Waals surface area (Å²) in [5, 5.41) is 9.88. The van der Waals surface area contributed by atoms with Gasteiger partial charge in [0.15, 0.2) is 6.29 Å². The number of aliphatic hydroxyl groups excluding tert-OH is 1.